The molecule has 2 heteroatoms. The first kappa shape index (κ1) is 16.3. The third-order valence-electron chi connectivity index (χ3n) is 4.72. The first-order valence-corrected chi connectivity index (χ1v) is 8.26. The minimum Gasteiger partial charge on any atom is -0.503 e. The summed E-state index contributed by atoms with van der Waals surface area (Å²) < 4.78 is 0. The number of quaternary nitrogens is 1. The maximum atomic E-state index is 10.5. The fourth-order valence-electron chi connectivity index (χ4n) is 3.09. The summed E-state index contributed by atoms with van der Waals surface area (Å²) in [5.74, 6) is 0.298. The number of hydrogen-bond acceptors (Lipinski definition) is 1. The maximum absolute atomic E-state index is 10.5. The molecule has 0 radical (unpaired) electrons. The number of rotatable bonds is 4. The molecule has 3 aromatic carbocycles. The second kappa shape index (κ2) is 6.50. The highest BCUT2D eigenvalue weighted by Gasteiger charge is 2.25. The van der Waals surface area contributed by atoms with Gasteiger partial charge in [-0.05, 0) is 16.7 Å². The molecule has 2 nitrogen and oxygen atoms in total. The topological polar surface area (TPSA) is 47.9 Å². The smallest absolute Gasteiger partial charge is 0.180 e. The average molecular weight is 318 g/mol. The molecule has 0 spiro atoms. The lowest BCUT2D eigenvalue weighted by Gasteiger charge is -2.27. The Hall–Kier alpha value is -2.58. The molecule has 0 saturated carbocycles. The van der Waals surface area contributed by atoms with Gasteiger partial charge in [0.25, 0.3) is 0 Å². The minimum atomic E-state index is -0.146. The van der Waals surface area contributed by atoms with E-state index < -0.39 is 0 Å². The highest BCUT2D eigenvalue weighted by Crippen LogP contribution is 2.37. The fourth-order valence-corrected chi connectivity index (χ4v) is 3.09. The highest BCUT2D eigenvalue weighted by atomic mass is 16.3. The Morgan fingerprint density at radius 2 is 1.42 bits per heavy atom. The van der Waals surface area contributed by atoms with E-state index in [9.17, 15) is 5.11 Å². The summed E-state index contributed by atoms with van der Waals surface area (Å²) in [6, 6.07) is 24.8. The molecular formula is C22H24NO+. The van der Waals surface area contributed by atoms with Crippen molar-refractivity contribution in [1.29, 1.82) is 0 Å². The Balaban J connectivity index is 2.04. The van der Waals surface area contributed by atoms with Crippen LogP contribution in [0.3, 0.4) is 0 Å². The van der Waals surface area contributed by atoms with Crippen molar-refractivity contribution in [2.24, 2.45) is 0 Å². The molecule has 0 fully saturated rings. The predicted molar refractivity (Wildman–Crippen MR) is 98.5 cm³/mol. The van der Waals surface area contributed by atoms with Gasteiger partial charge in [-0.1, -0.05) is 80.6 Å². The summed E-state index contributed by atoms with van der Waals surface area (Å²) in [6.07, 6.45) is 0.702. The lowest BCUT2D eigenvalue weighted by Crippen LogP contribution is -2.41. The standard InChI is InChI=1S/C22H23NO/c1-22(2,18-11-7-4-8-12-18)19-14-17(21(24)20(23)15-19)13-16-9-5-3-6-10-16/h3-12,14-15,24H,13,23H2,1-2H3/p+1. The second-order valence-corrected chi connectivity index (χ2v) is 6.80. The van der Waals surface area contributed by atoms with E-state index in [0.29, 0.717) is 17.9 Å². The summed E-state index contributed by atoms with van der Waals surface area (Å²) in [5.41, 5.74) is 9.10. The van der Waals surface area contributed by atoms with E-state index >= 15 is 0 Å². The number of aromatic hydroxyl groups is 1. The van der Waals surface area contributed by atoms with E-state index in [2.05, 4.69) is 62.0 Å². The maximum Gasteiger partial charge on any atom is 0.180 e. The summed E-state index contributed by atoms with van der Waals surface area (Å²) in [4.78, 5) is 0. The van der Waals surface area contributed by atoms with E-state index in [-0.39, 0.29) is 5.41 Å². The molecule has 0 aliphatic rings. The van der Waals surface area contributed by atoms with Gasteiger partial charge >= 0.3 is 0 Å². The molecule has 0 heterocycles. The Bertz CT molecular complexity index is 823. The van der Waals surface area contributed by atoms with Crippen LogP contribution in [0.25, 0.3) is 0 Å². The molecule has 24 heavy (non-hydrogen) atoms. The Kier molecular flexibility index (Phi) is 4.41. The molecule has 0 aromatic heterocycles. The van der Waals surface area contributed by atoms with Crippen LogP contribution in [-0.2, 0) is 11.8 Å². The molecule has 4 N–H and O–H groups in total. The molecule has 0 amide bonds. The van der Waals surface area contributed by atoms with Crippen molar-refractivity contribution < 1.29 is 10.8 Å². The molecule has 122 valence electrons. The van der Waals surface area contributed by atoms with Crippen LogP contribution < -0.4 is 5.73 Å². The van der Waals surface area contributed by atoms with Crippen molar-refractivity contribution in [3.8, 4) is 5.75 Å². The molecule has 0 aliphatic carbocycles. The van der Waals surface area contributed by atoms with E-state index in [1.165, 1.54) is 16.7 Å². The third-order valence-corrected chi connectivity index (χ3v) is 4.72. The average Bonchev–Trinajstić information content (AvgIpc) is 2.60. The lowest BCUT2D eigenvalue weighted by molar-refractivity contribution is -0.256. The number of hydrogen-bond donors (Lipinski definition) is 2. The molecule has 3 aromatic rings. The monoisotopic (exact) mass is 318 g/mol. The van der Waals surface area contributed by atoms with Crippen LogP contribution in [0.1, 0.15) is 36.1 Å². The van der Waals surface area contributed by atoms with Crippen LogP contribution in [0.4, 0.5) is 5.69 Å². The van der Waals surface area contributed by atoms with Crippen LogP contribution >= 0.6 is 0 Å². The van der Waals surface area contributed by atoms with E-state index in [0.717, 1.165) is 5.56 Å². The molecule has 0 aliphatic heterocycles. The lowest BCUT2D eigenvalue weighted by atomic mass is 9.77. The van der Waals surface area contributed by atoms with Crippen molar-refractivity contribution in [2.45, 2.75) is 25.7 Å². The first-order chi connectivity index (χ1) is 11.5. The zero-order chi connectivity index (χ0) is 17.2. The number of phenolic OH excluding ortho intramolecular Hbond substituents is 1. The minimum absolute atomic E-state index is 0.146. The molecule has 0 saturated heterocycles. The van der Waals surface area contributed by atoms with Gasteiger partial charge in [-0.25, -0.2) is 0 Å². The predicted octanol–water partition coefficient (Wildman–Crippen LogP) is 4.18. The summed E-state index contributed by atoms with van der Waals surface area (Å²) in [7, 11) is 0. The van der Waals surface area contributed by atoms with Crippen LogP contribution in [0, 0.1) is 0 Å². The second-order valence-electron chi connectivity index (χ2n) is 6.80. The normalized spacial score (nSPS) is 11.5. The van der Waals surface area contributed by atoms with E-state index in [1.807, 2.05) is 30.3 Å². The largest absolute Gasteiger partial charge is 0.503 e. The van der Waals surface area contributed by atoms with Crippen LogP contribution in [0.2, 0.25) is 0 Å². The van der Waals surface area contributed by atoms with Gasteiger partial charge in [0, 0.05) is 23.5 Å². The van der Waals surface area contributed by atoms with Gasteiger partial charge in [0.05, 0.1) is 0 Å². The summed E-state index contributed by atoms with van der Waals surface area (Å²) in [5, 5.41) is 10.5. The van der Waals surface area contributed by atoms with Gasteiger partial charge in [0.2, 0.25) is 0 Å². The van der Waals surface area contributed by atoms with Gasteiger partial charge in [0.1, 0.15) is 0 Å². The first-order valence-electron chi connectivity index (χ1n) is 8.26. The van der Waals surface area contributed by atoms with Crippen molar-refractivity contribution in [3.63, 3.8) is 0 Å². The molecule has 0 atom stereocenters. The van der Waals surface area contributed by atoms with E-state index in [1.54, 1.807) is 0 Å². The summed E-state index contributed by atoms with van der Waals surface area (Å²) in [6.45, 7) is 4.42. The third kappa shape index (κ3) is 3.19. The highest BCUT2D eigenvalue weighted by molar-refractivity contribution is 5.56. The zero-order valence-corrected chi connectivity index (χ0v) is 14.3. The van der Waals surface area contributed by atoms with Gasteiger partial charge < -0.3 is 10.8 Å². The number of benzene rings is 3. The van der Waals surface area contributed by atoms with Crippen LogP contribution in [0.15, 0.2) is 72.8 Å². The summed E-state index contributed by atoms with van der Waals surface area (Å²) >= 11 is 0. The Morgan fingerprint density at radius 3 is 2.04 bits per heavy atom. The van der Waals surface area contributed by atoms with Crippen molar-refractivity contribution >= 4 is 5.69 Å². The molecule has 0 bridgehead atoms. The molecular weight excluding hydrogens is 294 g/mol. The van der Waals surface area contributed by atoms with Crippen LogP contribution in [0.5, 0.6) is 5.75 Å². The molecule has 3 rings (SSSR count). The number of phenols is 1. The van der Waals surface area contributed by atoms with Crippen molar-refractivity contribution in [1.82, 2.24) is 0 Å². The SMILES string of the molecule is CC(C)(c1ccccc1)c1cc([NH3+])c(O)c(Cc2ccccc2)c1. The van der Waals surface area contributed by atoms with Gasteiger partial charge in [-0.15, -0.1) is 0 Å². The zero-order valence-electron chi connectivity index (χ0n) is 14.3. The van der Waals surface area contributed by atoms with Gasteiger partial charge in [-0.3, -0.25) is 0 Å². The van der Waals surface area contributed by atoms with Gasteiger partial charge in [-0.2, -0.15) is 0 Å². The van der Waals surface area contributed by atoms with E-state index in [4.69, 9.17) is 0 Å². The van der Waals surface area contributed by atoms with Crippen LogP contribution in [-0.4, -0.2) is 5.11 Å². The van der Waals surface area contributed by atoms with Gasteiger partial charge in [0.15, 0.2) is 11.4 Å². The Morgan fingerprint density at radius 1 is 0.833 bits per heavy atom. The van der Waals surface area contributed by atoms with Crippen molar-refractivity contribution in [3.05, 3.63) is 95.1 Å². The Labute approximate surface area is 143 Å². The van der Waals surface area contributed by atoms with Crippen molar-refractivity contribution in [2.75, 3.05) is 0 Å². The fraction of sp³-hybridized carbons (Fsp3) is 0.182. The quantitative estimate of drug-likeness (QED) is 0.745. The molecule has 0 unspecified atom stereocenters.